The Balaban J connectivity index is 1.70. The number of halogens is 1. The van der Waals surface area contributed by atoms with Gasteiger partial charge in [-0.3, -0.25) is 0 Å². The van der Waals surface area contributed by atoms with Crippen LogP contribution >= 0.6 is 15.9 Å². The third-order valence-electron chi connectivity index (χ3n) is 3.07. The van der Waals surface area contributed by atoms with Gasteiger partial charge in [-0.15, -0.1) is 5.10 Å². The summed E-state index contributed by atoms with van der Waals surface area (Å²) in [4.78, 5) is 0. The van der Waals surface area contributed by atoms with Crippen molar-refractivity contribution in [1.29, 1.82) is 0 Å². The van der Waals surface area contributed by atoms with Crippen LogP contribution in [0.2, 0.25) is 0 Å². The van der Waals surface area contributed by atoms with Gasteiger partial charge >= 0.3 is 0 Å². The van der Waals surface area contributed by atoms with Crippen LogP contribution in [0, 0.1) is 6.92 Å². The fraction of sp³-hybridized carbons (Fsp3) is 0.385. The Bertz CT molecular complexity index is 567. The minimum atomic E-state index is 0.159. The lowest BCUT2D eigenvalue weighted by atomic mass is 10.1. The summed E-state index contributed by atoms with van der Waals surface area (Å²) in [6.45, 7) is 2.85. The van der Waals surface area contributed by atoms with E-state index in [1.165, 1.54) is 11.1 Å². The second kappa shape index (κ2) is 4.72. The molecule has 0 saturated heterocycles. The molecule has 0 saturated carbocycles. The van der Waals surface area contributed by atoms with Gasteiger partial charge in [-0.25, -0.2) is 4.68 Å². The fourth-order valence-electron chi connectivity index (χ4n) is 2.25. The maximum Gasteiger partial charge on any atom is 0.123 e. The van der Waals surface area contributed by atoms with E-state index >= 15 is 0 Å². The molecule has 4 nitrogen and oxygen atoms in total. The normalized spacial score (nSPS) is 17.6. The molecule has 3 rings (SSSR count). The number of hydrogen-bond donors (Lipinski definition) is 0. The Kier molecular flexibility index (Phi) is 3.07. The number of aryl methyl sites for hydroxylation is 1. The Labute approximate surface area is 114 Å². The van der Waals surface area contributed by atoms with E-state index in [9.17, 15) is 0 Å². The highest BCUT2D eigenvalue weighted by Gasteiger charge is 2.23. The Hall–Kier alpha value is -1.36. The summed E-state index contributed by atoms with van der Waals surface area (Å²) >= 11 is 3.37. The zero-order valence-corrected chi connectivity index (χ0v) is 11.7. The van der Waals surface area contributed by atoms with Gasteiger partial charge in [0.15, 0.2) is 0 Å². The van der Waals surface area contributed by atoms with Crippen molar-refractivity contribution in [3.8, 4) is 5.75 Å². The number of aromatic nitrogens is 3. The zero-order chi connectivity index (χ0) is 12.5. The predicted octanol–water partition coefficient (Wildman–Crippen LogP) is 2.49. The van der Waals surface area contributed by atoms with Crippen LogP contribution in [0.15, 0.2) is 24.4 Å². The molecular formula is C13H14BrN3O. The van der Waals surface area contributed by atoms with Crippen LogP contribution < -0.4 is 4.74 Å². The Morgan fingerprint density at radius 2 is 2.39 bits per heavy atom. The molecular weight excluding hydrogens is 294 g/mol. The first-order chi connectivity index (χ1) is 8.74. The molecule has 0 fully saturated rings. The van der Waals surface area contributed by atoms with Crippen LogP contribution in [-0.4, -0.2) is 21.1 Å². The van der Waals surface area contributed by atoms with E-state index in [2.05, 4.69) is 51.4 Å². The van der Waals surface area contributed by atoms with Gasteiger partial charge in [-0.1, -0.05) is 38.8 Å². The topological polar surface area (TPSA) is 39.9 Å². The predicted molar refractivity (Wildman–Crippen MR) is 72.0 cm³/mol. The molecule has 0 aliphatic carbocycles. The van der Waals surface area contributed by atoms with Crippen molar-refractivity contribution in [2.24, 2.45) is 0 Å². The lowest BCUT2D eigenvalue weighted by Gasteiger charge is -2.09. The first kappa shape index (κ1) is 11.7. The third-order valence-corrected chi connectivity index (χ3v) is 3.65. The van der Waals surface area contributed by atoms with Crippen molar-refractivity contribution in [3.05, 3.63) is 41.2 Å². The van der Waals surface area contributed by atoms with Crippen molar-refractivity contribution in [3.63, 3.8) is 0 Å². The van der Waals surface area contributed by atoms with E-state index in [1.807, 2.05) is 10.9 Å². The molecule has 1 aromatic carbocycles. The van der Waals surface area contributed by atoms with Gasteiger partial charge in [0, 0.05) is 17.9 Å². The van der Waals surface area contributed by atoms with E-state index in [0.29, 0.717) is 0 Å². The Morgan fingerprint density at radius 3 is 3.17 bits per heavy atom. The van der Waals surface area contributed by atoms with Crippen molar-refractivity contribution in [1.82, 2.24) is 15.0 Å². The van der Waals surface area contributed by atoms with Crippen LogP contribution in [0.25, 0.3) is 0 Å². The second-order valence-electron chi connectivity index (χ2n) is 4.62. The van der Waals surface area contributed by atoms with Crippen LogP contribution in [0.3, 0.4) is 0 Å². The van der Waals surface area contributed by atoms with Gasteiger partial charge in [-0.05, 0) is 18.6 Å². The minimum absolute atomic E-state index is 0.159. The molecule has 2 aromatic rings. The molecule has 0 bridgehead atoms. The monoisotopic (exact) mass is 307 g/mol. The van der Waals surface area contributed by atoms with Gasteiger partial charge in [0.25, 0.3) is 0 Å². The second-order valence-corrected chi connectivity index (χ2v) is 5.18. The van der Waals surface area contributed by atoms with E-state index in [-0.39, 0.29) is 6.10 Å². The maximum atomic E-state index is 5.91. The molecule has 1 aromatic heterocycles. The molecule has 1 unspecified atom stereocenters. The average Bonchev–Trinajstić information content (AvgIpc) is 2.95. The smallest absolute Gasteiger partial charge is 0.123 e. The SMILES string of the molecule is Cc1ccc2c(c1)CC(Cn1cc(CBr)nn1)O2. The number of hydrogen-bond acceptors (Lipinski definition) is 3. The summed E-state index contributed by atoms with van der Waals surface area (Å²) in [6.07, 6.45) is 3.05. The molecule has 5 heteroatoms. The highest BCUT2D eigenvalue weighted by molar-refractivity contribution is 9.08. The summed E-state index contributed by atoms with van der Waals surface area (Å²) in [5.74, 6) is 1.01. The third kappa shape index (κ3) is 2.27. The lowest BCUT2D eigenvalue weighted by Crippen LogP contribution is -2.21. The number of benzene rings is 1. The maximum absolute atomic E-state index is 5.91. The molecule has 94 valence electrons. The fourth-order valence-corrected chi connectivity index (χ4v) is 2.51. The van der Waals surface area contributed by atoms with E-state index < -0.39 is 0 Å². The molecule has 1 aliphatic heterocycles. The Morgan fingerprint density at radius 1 is 1.50 bits per heavy atom. The van der Waals surface area contributed by atoms with Crippen LogP contribution in [0.1, 0.15) is 16.8 Å². The highest BCUT2D eigenvalue weighted by atomic mass is 79.9. The van der Waals surface area contributed by atoms with Crippen LogP contribution in [-0.2, 0) is 18.3 Å². The first-order valence-corrected chi connectivity index (χ1v) is 7.08. The molecule has 2 heterocycles. The number of ether oxygens (including phenoxy) is 1. The average molecular weight is 308 g/mol. The highest BCUT2D eigenvalue weighted by Crippen LogP contribution is 2.29. The molecule has 0 amide bonds. The quantitative estimate of drug-likeness (QED) is 0.818. The summed E-state index contributed by atoms with van der Waals surface area (Å²) in [5, 5.41) is 8.87. The van der Waals surface area contributed by atoms with Gasteiger partial charge < -0.3 is 4.74 Å². The number of alkyl halides is 1. The zero-order valence-electron chi connectivity index (χ0n) is 10.1. The van der Waals surface area contributed by atoms with Gasteiger partial charge in [0.2, 0.25) is 0 Å². The molecule has 1 aliphatic rings. The van der Waals surface area contributed by atoms with Crippen LogP contribution in [0.5, 0.6) is 5.75 Å². The summed E-state index contributed by atoms with van der Waals surface area (Å²) < 4.78 is 7.76. The first-order valence-electron chi connectivity index (χ1n) is 5.96. The molecule has 1 atom stereocenters. The van der Waals surface area contributed by atoms with Crippen molar-refractivity contribution in [2.45, 2.75) is 31.3 Å². The molecule has 0 spiro atoms. The van der Waals surface area contributed by atoms with Crippen molar-refractivity contribution in [2.75, 3.05) is 0 Å². The van der Waals surface area contributed by atoms with E-state index in [4.69, 9.17) is 4.74 Å². The number of fused-ring (bicyclic) bond motifs is 1. The van der Waals surface area contributed by atoms with Crippen LogP contribution in [0.4, 0.5) is 0 Å². The number of nitrogens with zero attached hydrogens (tertiary/aromatic N) is 3. The summed E-state index contributed by atoms with van der Waals surface area (Å²) in [7, 11) is 0. The molecule has 18 heavy (non-hydrogen) atoms. The van der Waals surface area contributed by atoms with E-state index in [0.717, 1.165) is 29.7 Å². The summed E-state index contributed by atoms with van der Waals surface area (Å²) in [6, 6.07) is 6.33. The van der Waals surface area contributed by atoms with Crippen molar-refractivity contribution >= 4 is 15.9 Å². The lowest BCUT2D eigenvalue weighted by molar-refractivity contribution is 0.202. The van der Waals surface area contributed by atoms with Gasteiger partial charge in [0.1, 0.15) is 11.9 Å². The van der Waals surface area contributed by atoms with E-state index in [1.54, 1.807) is 0 Å². The standard InChI is InChI=1S/C13H14BrN3O/c1-9-2-3-13-10(4-9)5-12(18-13)8-17-7-11(6-14)15-16-17/h2-4,7,12H,5-6,8H2,1H3. The number of rotatable bonds is 3. The largest absolute Gasteiger partial charge is 0.488 e. The van der Waals surface area contributed by atoms with Gasteiger partial charge in [-0.2, -0.15) is 0 Å². The van der Waals surface area contributed by atoms with Crippen molar-refractivity contribution < 1.29 is 4.74 Å². The van der Waals surface area contributed by atoms with Gasteiger partial charge in [0.05, 0.1) is 12.2 Å². The summed E-state index contributed by atoms with van der Waals surface area (Å²) in [5.41, 5.74) is 3.52. The molecule has 0 radical (unpaired) electrons. The minimum Gasteiger partial charge on any atom is -0.488 e. The molecule has 0 N–H and O–H groups in total.